The number of hydrogen-bond acceptors (Lipinski definition) is 9. The second-order valence-electron chi connectivity index (χ2n) is 11.2. The first kappa shape index (κ1) is 28.5. The summed E-state index contributed by atoms with van der Waals surface area (Å²) >= 11 is 0. The number of nitriles is 1. The van der Waals surface area contributed by atoms with Gasteiger partial charge in [0.2, 0.25) is 5.95 Å². The van der Waals surface area contributed by atoms with Crippen LogP contribution in [-0.4, -0.2) is 67.1 Å². The number of rotatable bonds is 4. The van der Waals surface area contributed by atoms with Gasteiger partial charge < -0.3 is 19.7 Å². The molecule has 0 radical (unpaired) electrons. The lowest BCUT2D eigenvalue weighted by Gasteiger charge is -2.34. The summed E-state index contributed by atoms with van der Waals surface area (Å²) < 4.78 is 55.4. The van der Waals surface area contributed by atoms with Crippen molar-refractivity contribution in [2.24, 2.45) is 0 Å². The Morgan fingerprint density at radius 3 is 2.63 bits per heavy atom. The van der Waals surface area contributed by atoms with Crippen molar-refractivity contribution in [3.63, 3.8) is 0 Å². The van der Waals surface area contributed by atoms with Gasteiger partial charge in [-0.3, -0.25) is 0 Å². The normalized spacial score (nSPS) is 20.1. The zero-order valence-corrected chi connectivity index (χ0v) is 23.0. The van der Waals surface area contributed by atoms with Gasteiger partial charge in [-0.25, -0.2) is 24.4 Å². The van der Waals surface area contributed by atoms with Gasteiger partial charge >= 0.3 is 12.3 Å². The molecular formula is C27H31F3N8O3. The number of piperidine rings is 1. The number of halogens is 3. The highest BCUT2D eigenvalue weighted by atomic mass is 19.4. The second-order valence-corrected chi connectivity index (χ2v) is 11.2. The molecule has 0 aromatic carbocycles. The number of ether oxygens (including phenoxy) is 2. The third-order valence-corrected chi connectivity index (χ3v) is 6.82. The van der Waals surface area contributed by atoms with E-state index in [0.29, 0.717) is 37.8 Å². The topological polar surface area (TPSA) is 131 Å². The Bertz CT molecular complexity index is 1470. The Hall–Kier alpha value is -3.99. The van der Waals surface area contributed by atoms with E-state index in [0.717, 1.165) is 19.0 Å². The SMILES string of the molecule is CC(C)(C)OC(=O)N1CCC[C@H](Nc2ncc(C(F)(F)F)c(-c3nn(C4CCCCO4)c4nc(C#N)ccc34)n2)C1. The van der Waals surface area contributed by atoms with Crippen LogP contribution < -0.4 is 5.32 Å². The fourth-order valence-corrected chi connectivity index (χ4v) is 4.98. The molecule has 1 N–H and O–H groups in total. The third kappa shape index (κ3) is 6.35. The van der Waals surface area contributed by atoms with Crippen molar-refractivity contribution in [3.05, 3.63) is 29.6 Å². The number of nitrogens with one attached hydrogen (secondary N) is 1. The van der Waals surface area contributed by atoms with Crippen molar-refractivity contribution in [1.82, 2.24) is 29.6 Å². The van der Waals surface area contributed by atoms with Crippen LogP contribution in [0.1, 0.15) is 70.4 Å². The predicted molar refractivity (Wildman–Crippen MR) is 142 cm³/mol. The molecule has 5 rings (SSSR count). The third-order valence-electron chi connectivity index (χ3n) is 6.82. The molecule has 0 bridgehead atoms. The van der Waals surface area contributed by atoms with Crippen LogP contribution in [-0.2, 0) is 15.7 Å². The lowest BCUT2D eigenvalue weighted by molar-refractivity contribution is -0.137. The highest BCUT2D eigenvalue weighted by molar-refractivity contribution is 5.91. The summed E-state index contributed by atoms with van der Waals surface area (Å²) in [6.07, 6.45) is -1.35. The van der Waals surface area contributed by atoms with Gasteiger partial charge in [0.25, 0.3) is 0 Å². The van der Waals surface area contributed by atoms with Gasteiger partial charge in [-0.15, -0.1) is 0 Å². The Balaban J connectivity index is 1.51. The standard InChI is InChI=1S/C27H31F3N8O3/c1-26(2,3)41-25(39)37-11-6-7-17(15-37)34-24-32-14-19(27(28,29)30)22(35-24)21-18-10-9-16(13-31)33-23(18)38(36-21)20-8-4-5-12-40-20/h9-10,14,17,20H,4-8,11-12,15H2,1-3H3,(H,32,34,35)/t17-,20?/m0/s1. The highest BCUT2D eigenvalue weighted by Gasteiger charge is 2.38. The zero-order valence-electron chi connectivity index (χ0n) is 23.0. The Labute approximate surface area is 234 Å². The first-order valence-electron chi connectivity index (χ1n) is 13.5. The molecule has 2 saturated heterocycles. The molecule has 0 aliphatic carbocycles. The number of hydrogen-bond donors (Lipinski definition) is 1. The molecular weight excluding hydrogens is 541 g/mol. The number of amides is 1. The first-order chi connectivity index (χ1) is 19.4. The molecule has 0 spiro atoms. The first-order valence-corrected chi connectivity index (χ1v) is 13.5. The second kappa shape index (κ2) is 11.1. The monoisotopic (exact) mass is 572 g/mol. The number of likely N-dealkylation sites (tertiary alicyclic amines) is 1. The number of nitrogens with zero attached hydrogens (tertiary/aromatic N) is 7. The van der Waals surface area contributed by atoms with E-state index in [4.69, 9.17) is 9.47 Å². The lowest BCUT2D eigenvalue weighted by atomic mass is 10.1. The van der Waals surface area contributed by atoms with Gasteiger partial charge in [0.05, 0.1) is 0 Å². The van der Waals surface area contributed by atoms with Crippen molar-refractivity contribution in [3.8, 4) is 17.5 Å². The summed E-state index contributed by atoms with van der Waals surface area (Å²) in [5.74, 6) is -0.0257. The van der Waals surface area contributed by atoms with E-state index in [9.17, 15) is 23.2 Å². The van der Waals surface area contributed by atoms with Crippen molar-refractivity contribution in [1.29, 1.82) is 5.26 Å². The van der Waals surface area contributed by atoms with Crippen LogP contribution in [0.3, 0.4) is 0 Å². The molecule has 2 aliphatic heterocycles. The van der Waals surface area contributed by atoms with Crippen molar-refractivity contribution < 1.29 is 27.4 Å². The molecule has 3 aromatic heterocycles. The van der Waals surface area contributed by atoms with E-state index in [1.54, 1.807) is 25.7 Å². The molecule has 2 atom stereocenters. The van der Waals surface area contributed by atoms with E-state index >= 15 is 0 Å². The molecule has 41 heavy (non-hydrogen) atoms. The Kier molecular flexibility index (Phi) is 7.74. The average Bonchev–Trinajstić information content (AvgIpc) is 3.31. The van der Waals surface area contributed by atoms with Gasteiger partial charge in [-0.05, 0) is 65.0 Å². The van der Waals surface area contributed by atoms with Gasteiger partial charge in [0.1, 0.15) is 34.3 Å². The molecule has 218 valence electrons. The molecule has 1 unspecified atom stereocenters. The summed E-state index contributed by atoms with van der Waals surface area (Å²) in [6.45, 7) is 6.62. The number of pyridine rings is 1. The fraction of sp³-hybridized carbons (Fsp3) is 0.556. The van der Waals surface area contributed by atoms with Gasteiger partial charge in [-0.1, -0.05) is 0 Å². The summed E-state index contributed by atoms with van der Waals surface area (Å²) in [5.41, 5.74) is -1.81. The summed E-state index contributed by atoms with van der Waals surface area (Å²) in [6, 6.07) is 4.62. The van der Waals surface area contributed by atoms with E-state index in [1.807, 2.05) is 6.07 Å². The van der Waals surface area contributed by atoms with E-state index < -0.39 is 35.4 Å². The van der Waals surface area contributed by atoms with Crippen LogP contribution in [0.2, 0.25) is 0 Å². The quantitative estimate of drug-likeness (QED) is 0.443. The molecule has 3 aromatic rings. The number of carbonyl (C=O) groups excluding carboxylic acids is 1. The molecule has 5 heterocycles. The molecule has 2 aliphatic rings. The van der Waals surface area contributed by atoms with Gasteiger partial charge in [0, 0.05) is 37.3 Å². The largest absolute Gasteiger partial charge is 0.444 e. The maximum atomic E-state index is 14.2. The van der Waals surface area contributed by atoms with E-state index in [-0.39, 0.29) is 35.6 Å². The average molecular weight is 573 g/mol. The predicted octanol–water partition coefficient (Wildman–Crippen LogP) is 5.29. The van der Waals surface area contributed by atoms with E-state index in [2.05, 4.69) is 25.4 Å². The molecule has 2 fully saturated rings. The fourth-order valence-electron chi connectivity index (χ4n) is 4.98. The highest BCUT2D eigenvalue weighted by Crippen LogP contribution is 2.39. The van der Waals surface area contributed by atoms with Crippen LogP contribution in [0.5, 0.6) is 0 Å². The minimum Gasteiger partial charge on any atom is -0.444 e. The number of fused-ring (bicyclic) bond motifs is 1. The number of alkyl halides is 3. The van der Waals surface area contributed by atoms with Gasteiger partial charge in [0.15, 0.2) is 11.9 Å². The lowest BCUT2D eigenvalue weighted by Crippen LogP contribution is -2.47. The van der Waals surface area contributed by atoms with Crippen molar-refractivity contribution in [2.45, 2.75) is 76.9 Å². The minimum absolute atomic E-state index is 0.0257. The number of carbonyl (C=O) groups is 1. The summed E-state index contributed by atoms with van der Waals surface area (Å²) in [7, 11) is 0. The van der Waals surface area contributed by atoms with Crippen LogP contribution >= 0.6 is 0 Å². The maximum Gasteiger partial charge on any atom is 0.420 e. The molecule has 1 amide bonds. The number of aromatic nitrogens is 5. The van der Waals surface area contributed by atoms with Gasteiger partial charge in [-0.2, -0.15) is 23.5 Å². The molecule has 11 nitrogen and oxygen atoms in total. The summed E-state index contributed by atoms with van der Waals surface area (Å²) in [5, 5.41) is 17.3. The number of anilines is 1. The van der Waals surface area contributed by atoms with Crippen LogP contribution in [0.15, 0.2) is 18.3 Å². The zero-order chi connectivity index (χ0) is 29.4. The molecule has 14 heteroatoms. The summed E-state index contributed by atoms with van der Waals surface area (Å²) in [4.78, 5) is 26.8. The van der Waals surface area contributed by atoms with Crippen LogP contribution in [0, 0.1) is 11.3 Å². The van der Waals surface area contributed by atoms with Crippen LogP contribution in [0.25, 0.3) is 22.4 Å². The smallest absolute Gasteiger partial charge is 0.420 e. The Morgan fingerprint density at radius 1 is 1.15 bits per heavy atom. The van der Waals surface area contributed by atoms with E-state index in [1.165, 1.54) is 16.8 Å². The molecule has 0 saturated carbocycles. The van der Waals surface area contributed by atoms with Crippen molar-refractivity contribution >= 4 is 23.1 Å². The van der Waals surface area contributed by atoms with Crippen LogP contribution in [0.4, 0.5) is 23.9 Å². The maximum absolute atomic E-state index is 14.2. The Morgan fingerprint density at radius 2 is 1.95 bits per heavy atom. The van der Waals surface area contributed by atoms with Crippen molar-refractivity contribution in [2.75, 3.05) is 25.0 Å². The minimum atomic E-state index is -4.76.